The lowest BCUT2D eigenvalue weighted by molar-refractivity contribution is -0.136. The highest BCUT2D eigenvalue weighted by Crippen LogP contribution is 2.39. The first kappa shape index (κ1) is 36.7. The summed E-state index contributed by atoms with van der Waals surface area (Å²) in [6.45, 7) is 7.49. The predicted molar refractivity (Wildman–Crippen MR) is 186 cm³/mol. The maximum absolute atomic E-state index is 14.6. The third kappa shape index (κ3) is 7.89. The number of aromatic nitrogens is 3. The van der Waals surface area contributed by atoms with Gasteiger partial charge >= 0.3 is 12.1 Å². The van der Waals surface area contributed by atoms with Gasteiger partial charge in [-0.25, -0.2) is 9.59 Å². The summed E-state index contributed by atoms with van der Waals surface area (Å²) in [6, 6.07) is 10.6. The second-order valence-corrected chi connectivity index (χ2v) is 13.7. The molecule has 2 aromatic heterocycles. The summed E-state index contributed by atoms with van der Waals surface area (Å²) in [5.74, 6) is -3.70. The van der Waals surface area contributed by atoms with Crippen LogP contribution in [0.3, 0.4) is 0 Å². The number of aryl methyl sites for hydroxylation is 1. The largest absolute Gasteiger partial charge is 0.475 e. The number of carboxylic acid groups (broad SMARTS) is 1. The third-order valence-corrected chi connectivity index (χ3v) is 9.99. The molecule has 5 atom stereocenters. The number of nitrogens with one attached hydrogen (secondary N) is 4. The van der Waals surface area contributed by atoms with Crippen LogP contribution in [0.2, 0.25) is 10.0 Å². The van der Waals surface area contributed by atoms with Gasteiger partial charge in [-0.3, -0.25) is 9.59 Å². The van der Waals surface area contributed by atoms with Crippen molar-refractivity contribution in [1.82, 2.24) is 31.1 Å². The van der Waals surface area contributed by atoms with Gasteiger partial charge in [0.2, 0.25) is 17.7 Å². The van der Waals surface area contributed by atoms with E-state index in [0.29, 0.717) is 40.2 Å². The highest BCUT2D eigenvalue weighted by atomic mass is 35.5. The fraction of sp³-hybridized carbons (Fsp3) is 0.429. The molecule has 0 saturated carbocycles. The van der Waals surface area contributed by atoms with Gasteiger partial charge in [0.05, 0.1) is 10.5 Å². The first-order chi connectivity index (χ1) is 23.8. The lowest BCUT2D eigenvalue weighted by atomic mass is 9.78. The molecule has 13 nitrogen and oxygen atoms in total. The van der Waals surface area contributed by atoms with Crippen molar-refractivity contribution in [3.8, 4) is 0 Å². The average Bonchev–Trinajstić information content (AvgIpc) is 3.74. The monoisotopic (exact) mass is 726 g/mol. The van der Waals surface area contributed by atoms with Crippen molar-refractivity contribution in [3.63, 3.8) is 0 Å². The molecular formula is C35H40Cl2N6O7. The van der Waals surface area contributed by atoms with Gasteiger partial charge in [0, 0.05) is 22.5 Å². The molecule has 2 unspecified atom stereocenters. The summed E-state index contributed by atoms with van der Waals surface area (Å²) in [4.78, 5) is 60.8. The van der Waals surface area contributed by atoms with Gasteiger partial charge in [0.25, 0.3) is 5.82 Å². The molecule has 5 N–H and O–H groups in total. The van der Waals surface area contributed by atoms with Crippen LogP contribution in [0.1, 0.15) is 86.3 Å². The van der Waals surface area contributed by atoms with Crippen molar-refractivity contribution < 1.29 is 33.5 Å². The number of aromatic amines is 1. The molecule has 5 rings (SSSR count). The summed E-state index contributed by atoms with van der Waals surface area (Å²) in [6.07, 6.45) is 0.938. The normalized spacial score (nSPS) is 18.0. The van der Waals surface area contributed by atoms with Crippen molar-refractivity contribution in [3.05, 3.63) is 81.0 Å². The second kappa shape index (κ2) is 15.5. The number of carbonyl (C=O) groups is 4. The van der Waals surface area contributed by atoms with Crippen LogP contribution in [0.25, 0.3) is 10.9 Å². The van der Waals surface area contributed by atoms with E-state index in [9.17, 15) is 24.3 Å². The summed E-state index contributed by atoms with van der Waals surface area (Å²) in [7, 11) is 0. The molecule has 4 aromatic rings. The molecule has 1 aliphatic carbocycles. The van der Waals surface area contributed by atoms with Gasteiger partial charge in [-0.05, 0) is 53.1 Å². The van der Waals surface area contributed by atoms with Crippen molar-refractivity contribution in [2.75, 3.05) is 0 Å². The van der Waals surface area contributed by atoms with Crippen LogP contribution in [-0.4, -0.2) is 55.7 Å². The van der Waals surface area contributed by atoms with E-state index in [4.69, 9.17) is 32.5 Å². The van der Waals surface area contributed by atoms with Gasteiger partial charge in [-0.15, -0.1) is 0 Å². The van der Waals surface area contributed by atoms with Crippen LogP contribution >= 0.6 is 23.2 Å². The molecule has 2 heterocycles. The van der Waals surface area contributed by atoms with Crippen LogP contribution < -0.4 is 16.0 Å². The van der Waals surface area contributed by atoms with Gasteiger partial charge in [0.15, 0.2) is 0 Å². The van der Waals surface area contributed by atoms with Crippen molar-refractivity contribution in [2.45, 2.75) is 84.0 Å². The SMILES string of the molecule is CCC(C)[C@H](NC(=O)OCc1ccccc1)C(=O)N[C@]1(C(=O)N[C@H](c2nc(C(=O)O)no2)C(C)CC)CCc2[nH]c3c(Cl)cc(Cl)cc3c2C1. The van der Waals surface area contributed by atoms with Crippen molar-refractivity contribution in [1.29, 1.82) is 0 Å². The minimum atomic E-state index is -1.53. The summed E-state index contributed by atoms with van der Waals surface area (Å²) in [5, 5.41) is 23.2. The highest BCUT2D eigenvalue weighted by molar-refractivity contribution is 6.38. The van der Waals surface area contributed by atoms with E-state index in [1.54, 1.807) is 12.1 Å². The number of nitrogens with zero attached hydrogens (tertiary/aromatic N) is 2. The number of H-pyrrole nitrogens is 1. The van der Waals surface area contributed by atoms with Crippen LogP contribution in [0.5, 0.6) is 0 Å². The zero-order valence-corrected chi connectivity index (χ0v) is 29.7. The maximum Gasteiger partial charge on any atom is 0.408 e. The van der Waals surface area contributed by atoms with E-state index >= 15 is 0 Å². The Balaban J connectivity index is 1.49. The minimum Gasteiger partial charge on any atom is -0.475 e. The molecule has 0 radical (unpaired) electrons. The van der Waals surface area contributed by atoms with Crippen LogP contribution in [0.15, 0.2) is 47.0 Å². The van der Waals surface area contributed by atoms with Crippen LogP contribution in [-0.2, 0) is 33.8 Å². The predicted octanol–water partition coefficient (Wildman–Crippen LogP) is 6.14. The zero-order valence-electron chi connectivity index (χ0n) is 28.1. The molecule has 2 aromatic carbocycles. The number of hydrogen-bond acceptors (Lipinski definition) is 8. The molecule has 0 aliphatic heterocycles. The number of ether oxygens (including phenoxy) is 1. The third-order valence-electron chi connectivity index (χ3n) is 9.48. The fourth-order valence-electron chi connectivity index (χ4n) is 6.15. The summed E-state index contributed by atoms with van der Waals surface area (Å²) >= 11 is 12.9. The first-order valence-electron chi connectivity index (χ1n) is 16.5. The fourth-order valence-corrected chi connectivity index (χ4v) is 6.69. The number of amides is 3. The number of carboxylic acids is 1. The molecule has 50 heavy (non-hydrogen) atoms. The standard InChI is InChI=1S/C35H40Cl2N6O7/c1-5-18(3)26(40-34(48)49-17-20-10-8-7-9-11-20)30(44)42-35(13-12-25-23(16-35)22-14-21(36)15-24(37)28(22)38-25)33(47)39-27(19(4)6-2)31-41-29(32(45)46)43-50-31/h7-11,14-15,18-19,26-27,38H,5-6,12-13,16-17H2,1-4H3,(H,39,47)(H,40,48)(H,42,44)(H,45,46)/t18?,19?,26-,27-,35+/m0/s1. The Morgan fingerprint density at radius 1 is 1.06 bits per heavy atom. The number of carbonyl (C=O) groups excluding carboxylic acids is 3. The number of fused-ring (bicyclic) bond motifs is 3. The van der Waals surface area contributed by atoms with E-state index in [1.165, 1.54) is 0 Å². The Bertz CT molecular complexity index is 1880. The minimum absolute atomic E-state index is 0.0125. The number of aromatic carboxylic acids is 1. The van der Waals surface area contributed by atoms with E-state index < -0.39 is 47.3 Å². The molecule has 15 heteroatoms. The maximum atomic E-state index is 14.6. The average molecular weight is 728 g/mol. The van der Waals surface area contributed by atoms with Gasteiger partial charge in [-0.2, -0.15) is 4.98 Å². The van der Waals surface area contributed by atoms with E-state index in [1.807, 2.05) is 58.0 Å². The summed E-state index contributed by atoms with van der Waals surface area (Å²) < 4.78 is 10.7. The molecule has 0 bridgehead atoms. The molecule has 1 aliphatic rings. The number of rotatable bonds is 13. The molecule has 0 spiro atoms. The lowest BCUT2D eigenvalue weighted by Crippen LogP contribution is -2.65. The van der Waals surface area contributed by atoms with Crippen LogP contribution in [0, 0.1) is 11.8 Å². The molecular weight excluding hydrogens is 687 g/mol. The van der Waals surface area contributed by atoms with E-state index in [2.05, 4.69) is 31.1 Å². The molecule has 3 amide bonds. The number of hydrogen-bond donors (Lipinski definition) is 5. The Labute approximate surface area is 298 Å². The van der Waals surface area contributed by atoms with E-state index in [0.717, 1.165) is 16.8 Å². The number of benzene rings is 2. The topological polar surface area (TPSA) is 189 Å². The Kier molecular flexibility index (Phi) is 11.4. The van der Waals surface area contributed by atoms with Crippen molar-refractivity contribution >= 4 is 58.0 Å². The molecule has 266 valence electrons. The molecule has 0 fully saturated rings. The smallest absolute Gasteiger partial charge is 0.408 e. The number of alkyl carbamates (subject to hydrolysis) is 1. The Morgan fingerprint density at radius 2 is 1.78 bits per heavy atom. The van der Waals surface area contributed by atoms with Gasteiger partial charge in [-0.1, -0.05) is 94.1 Å². The van der Waals surface area contributed by atoms with Crippen LogP contribution in [0.4, 0.5) is 4.79 Å². The van der Waals surface area contributed by atoms with E-state index in [-0.39, 0.29) is 37.2 Å². The first-order valence-corrected chi connectivity index (χ1v) is 17.3. The Morgan fingerprint density at radius 3 is 2.44 bits per heavy atom. The lowest BCUT2D eigenvalue weighted by Gasteiger charge is -2.39. The zero-order chi connectivity index (χ0) is 36.2. The van der Waals surface area contributed by atoms with Gasteiger partial charge < -0.3 is 35.3 Å². The number of halogens is 2. The second-order valence-electron chi connectivity index (χ2n) is 12.8. The Hall–Kier alpha value is -4.62. The summed E-state index contributed by atoms with van der Waals surface area (Å²) in [5.41, 5.74) is 1.52. The van der Waals surface area contributed by atoms with Crippen molar-refractivity contribution in [2.24, 2.45) is 11.8 Å². The highest BCUT2D eigenvalue weighted by Gasteiger charge is 2.47. The molecule has 0 saturated heterocycles. The van der Waals surface area contributed by atoms with Gasteiger partial charge in [0.1, 0.15) is 24.2 Å². The quantitative estimate of drug-likeness (QED) is 0.108.